The van der Waals surface area contributed by atoms with Crippen LogP contribution >= 0.6 is 0 Å². The zero-order valence-corrected chi connectivity index (χ0v) is 17.9. The third-order valence-corrected chi connectivity index (χ3v) is 5.03. The van der Waals surface area contributed by atoms with Crippen molar-refractivity contribution < 1.29 is 23.5 Å². The second-order valence-electron chi connectivity index (χ2n) is 7.28. The summed E-state index contributed by atoms with van der Waals surface area (Å²) < 4.78 is 23.8. The van der Waals surface area contributed by atoms with Crippen molar-refractivity contribution in [2.75, 3.05) is 13.7 Å². The van der Waals surface area contributed by atoms with Gasteiger partial charge in [-0.15, -0.1) is 0 Å². The lowest BCUT2D eigenvalue weighted by Gasteiger charge is -2.11. The maximum Gasteiger partial charge on any atom is 0.339 e. The van der Waals surface area contributed by atoms with Crippen molar-refractivity contribution in [2.24, 2.45) is 0 Å². The highest BCUT2D eigenvalue weighted by Gasteiger charge is 2.16. The highest BCUT2D eigenvalue weighted by atomic mass is 19.1. The van der Waals surface area contributed by atoms with Gasteiger partial charge in [0, 0.05) is 17.5 Å². The summed E-state index contributed by atoms with van der Waals surface area (Å²) in [4.78, 5) is 29.6. The van der Waals surface area contributed by atoms with Crippen LogP contribution in [0.2, 0.25) is 0 Å². The van der Waals surface area contributed by atoms with Gasteiger partial charge in [-0.3, -0.25) is 4.79 Å². The first-order valence-electron chi connectivity index (χ1n) is 10.3. The minimum Gasteiger partial charge on any atom is -0.497 e. The topological polar surface area (TPSA) is 77.5 Å². The minimum atomic E-state index is -0.645. The fourth-order valence-corrected chi connectivity index (χ4v) is 3.36. The largest absolute Gasteiger partial charge is 0.497 e. The molecule has 0 radical (unpaired) electrons. The first-order chi connectivity index (χ1) is 16.0. The van der Waals surface area contributed by atoms with Gasteiger partial charge in [-0.1, -0.05) is 30.3 Å². The summed E-state index contributed by atoms with van der Waals surface area (Å²) in [5.74, 6) is -0.745. The molecular formula is C26H21FN2O4. The summed E-state index contributed by atoms with van der Waals surface area (Å²) in [6.45, 7) is -0.147. The summed E-state index contributed by atoms with van der Waals surface area (Å²) >= 11 is 0. The van der Waals surface area contributed by atoms with E-state index in [-0.39, 0.29) is 17.9 Å². The van der Waals surface area contributed by atoms with E-state index >= 15 is 0 Å². The Labute approximate surface area is 190 Å². The zero-order valence-electron chi connectivity index (χ0n) is 17.9. The van der Waals surface area contributed by atoms with Crippen LogP contribution in [0.25, 0.3) is 22.2 Å². The molecule has 166 valence electrons. The Kier molecular flexibility index (Phi) is 6.59. The number of hydrogen-bond acceptors (Lipinski definition) is 5. The van der Waals surface area contributed by atoms with Crippen LogP contribution < -0.4 is 10.1 Å². The van der Waals surface area contributed by atoms with E-state index in [1.807, 2.05) is 30.3 Å². The maximum absolute atomic E-state index is 13.3. The molecule has 0 aliphatic heterocycles. The second-order valence-corrected chi connectivity index (χ2v) is 7.28. The van der Waals surface area contributed by atoms with Crippen molar-refractivity contribution in [2.45, 2.75) is 6.54 Å². The number of para-hydroxylation sites is 1. The first-order valence-corrected chi connectivity index (χ1v) is 10.3. The molecule has 0 aliphatic rings. The molecule has 6 nitrogen and oxygen atoms in total. The van der Waals surface area contributed by atoms with Gasteiger partial charge in [0.15, 0.2) is 6.61 Å². The van der Waals surface area contributed by atoms with E-state index in [1.54, 1.807) is 43.5 Å². The molecular weight excluding hydrogens is 423 g/mol. The molecule has 7 heteroatoms. The van der Waals surface area contributed by atoms with Gasteiger partial charge >= 0.3 is 5.97 Å². The normalized spacial score (nSPS) is 10.6. The van der Waals surface area contributed by atoms with E-state index in [2.05, 4.69) is 10.3 Å². The summed E-state index contributed by atoms with van der Waals surface area (Å²) in [6, 6.07) is 21.9. The van der Waals surface area contributed by atoms with Crippen molar-refractivity contribution in [3.63, 3.8) is 0 Å². The van der Waals surface area contributed by atoms with Crippen LogP contribution in [0.5, 0.6) is 5.75 Å². The molecule has 0 aliphatic carbocycles. The predicted octanol–water partition coefficient (Wildman–Crippen LogP) is 4.52. The number of nitrogens with zero attached hydrogens (tertiary/aromatic N) is 1. The molecule has 33 heavy (non-hydrogen) atoms. The number of aromatic nitrogens is 1. The van der Waals surface area contributed by atoms with Gasteiger partial charge in [0.05, 0.1) is 23.9 Å². The Morgan fingerprint density at radius 1 is 0.970 bits per heavy atom. The van der Waals surface area contributed by atoms with Gasteiger partial charge in [-0.25, -0.2) is 14.2 Å². The summed E-state index contributed by atoms with van der Waals surface area (Å²) in [5.41, 5.74) is 2.89. The lowest BCUT2D eigenvalue weighted by atomic mass is 10.0. The predicted molar refractivity (Wildman–Crippen MR) is 122 cm³/mol. The number of carbonyl (C=O) groups excluding carboxylic acids is 2. The highest BCUT2D eigenvalue weighted by molar-refractivity contribution is 6.05. The maximum atomic E-state index is 13.3. The molecule has 0 bridgehead atoms. The van der Waals surface area contributed by atoms with Crippen LogP contribution in [0.3, 0.4) is 0 Å². The molecule has 0 spiro atoms. The minimum absolute atomic E-state index is 0.278. The molecule has 0 saturated carbocycles. The Balaban J connectivity index is 1.48. The first kappa shape index (κ1) is 22.0. The lowest BCUT2D eigenvalue weighted by Crippen LogP contribution is -2.28. The molecule has 0 unspecified atom stereocenters. The average molecular weight is 444 g/mol. The van der Waals surface area contributed by atoms with Crippen molar-refractivity contribution >= 4 is 22.8 Å². The Morgan fingerprint density at radius 3 is 2.55 bits per heavy atom. The number of fused-ring (bicyclic) bond motifs is 1. The van der Waals surface area contributed by atoms with Gasteiger partial charge in [0.1, 0.15) is 11.6 Å². The fraction of sp³-hybridized carbons (Fsp3) is 0.115. The summed E-state index contributed by atoms with van der Waals surface area (Å²) in [7, 11) is 1.57. The fourth-order valence-electron chi connectivity index (χ4n) is 3.36. The molecule has 0 fully saturated rings. The van der Waals surface area contributed by atoms with Gasteiger partial charge < -0.3 is 14.8 Å². The quantitative estimate of drug-likeness (QED) is 0.424. The molecule has 3 aromatic carbocycles. The third-order valence-electron chi connectivity index (χ3n) is 5.03. The number of ether oxygens (including phenoxy) is 2. The third kappa shape index (κ3) is 5.33. The smallest absolute Gasteiger partial charge is 0.339 e. The number of halogens is 1. The van der Waals surface area contributed by atoms with E-state index < -0.39 is 18.5 Å². The summed E-state index contributed by atoms with van der Waals surface area (Å²) in [6.07, 6.45) is 0. The van der Waals surface area contributed by atoms with Crippen LogP contribution in [0.4, 0.5) is 4.39 Å². The van der Waals surface area contributed by atoms with Gasteiger partial charge in [0.25, 0.3) is 5.91 Å². The van der Waals surface area contributed by atoms with E-state index in [9.17, 15) is 14.0 Å². The van der Waals surface area contributed by atoms with Crippen molar-refractivity contribution in [1.82, 2.24) is 10.3 Å². The van der Waals surface area contributed by atoms with Crippen LogP contribution in [0, 0.1) is 5.82 Å². The molecule has 4 rings (SSSR count). The molecule has 4 aromatic rings. The lowest BCUT2D eigenvalue weighted by molar-refractivity contribution is -0.124. The number of rotatable bonds is 7. The summed E-state index contributed by atoms with van der Waals surface area (Å²) in [5, 5.41) is 3.32. The van der Waals surface area contributed by atoms with Crippen LogP contribution in [-0.4, -0.2) is 30.6 Å². The number of pyridine rings is 1. The molecule has 1 heterocycles. The molecule has 1 aromatic heterocycles. The van der Waals surface area contributed by atoms with E-state index in [0.29, 0.717) is 27.9 Å². The van der Waals surface area contributed by atoms with Crippen LogP contribution in [-0.2, 0) is 16.1 Å². The monoisotopic (exact) mass is 444 g/mol. The number of hydrogen-bond donors (Lipinski definition) is 1. The number of benzene rings is 3. The van der Waals surface area contributed by atoms with Crippen molar-refractivity contribution in [3.8, 4) is 17.0 Å². The van der Waals surface area contributed by atoms with Crippen LogP contribution in [0.1, 0.15) is 15.9 Å². The van der Waals surface area contributed by atoms with Gasteiger partial charge in [-0.05, 0) is 54.1 Å². The molecule has 0 atom stereocenters. The van der Waals surface area contributed by atoms with Crippen molar-refractivity contribution in [3.05, 3.63) is 95.8 Å². The number of carbonyl (C=O) groups is 2. The molecule has 0 saturated heterocycles. The van der Waals surface area contributed by atoms with Gasteiger partial charge in [0.2, 0.25) is 0 Å². The Bertz CT molecular complexity index is 1310. The number of methoxy groups -OCH3 is 1. The Hall–Kier alpha value is -4.26. The average Bonchev–Trinajstić information content (AvgIpc) is 2.86. The molecule has 1 amide bonds. The van der Waals surface area contributed by atoms with E-state index in [1.165, 1.54) is 12.1 Å². The standard InChI is InChI=1S/C26H21FN2O4/c1-32-20-6-4-5-17(13-20)15-28-25(30)16-33-26(31)22-14-24(18-9-11-19(27)12-10-18)29-23-8-3-2-7-21(22)23/h2-14H,15-16H2,1H3,(H,28,30). The number of esters is 1. The number of nitrogens with one attached hydrogen (secondary N) is 1. The van der Waals surface area contributed by atoms with E-state index in [0.717, 1.165) is 5.56 Å². The number of amides is 1. The van der Waals surface area contributed by atoms with Crippen LogP contribution in [0.15, 0.2) is 78.9 Å². The van der Waals surface area contributed by atoms with E-state index in [4.69, 9.17) is 9.47 Å². The molecule has 1 N–H and O–H groups in total. The zero-order chi connectivity index (χ0) is 23.2. The van der Waals surface area contributed by atoms with Gasteiger partial charge in [-0.2, -0.15) is 0 Å². The SMILES string of the molecule is COc1cccc(CNC(=O)COC(=O)c2cc(-c3ccc(F)cc3)nc3ccccc23)c1. The highest BCUT2D eigenvalue weighted by Crippen LogP contribution is 2.25. The second kappa shape index (κ2) is 9.91. The Morgan fingerprint density at radius 2 is 1.76 bits per heavy atom. The van der Waals surface area contributed by atoms with Crippen molar-refractivity contribution in [1.29, 1.82) is 0 Å².